The van der Waals surface area contributed by atoms with E-state index in [0.29, 0.717) is 22.1 Å². The molecule has 2 aliphatic heterocycles. The van der Waals surface area contributed by atoms with E-state index < -0.39 is 17.1 Å². The number of benzene rings is 1. The third kappa shape index (κ3) is 5.29. The summed E-state index contributed by atoms with van der Waals surface area (Å²) < 4.78 is 10.6. The van der Waals surface area contributed by atoms with Gasteiger partial charge in [-0.05, 0) is 41.6 Å². The summed E-state index contributed by atoms with van der Waals surface area (Å²) in [6.45, 7) is 0.327. The molecule has 182 valence electrons. The lowest BCUT2D eigenvalue weighted by Crippen LogP contribution is -2.40. The van der Waals surface area contributed by atoms with Crippen LogP contribution in [0.1, 0.15) is 12.0 Å². The number of carbonyl (C=O) groups excluding carboxylic acids is 4. The number of ether oxygens (including phenoxy) is 2. The summed E-state index contributed by atoms with van der Waals surface area (Å²) in [5.41, 5.74) is 1.28. The summed E-state index contributed by atoms with van der Waals surface area (Å²) in [5, 5.41) is 2.35. The first-order valence-electron chi connectivity index (χ1n) is 10.9. The van der Waals surface area contributed by atoms with E-state index in [4.69, 9.17) is 9.47 Å². The average molecular weight is 497 g/mol. The quantitative estimate of drug-likeness (QED) is 0.553. The minimum Gasteiger partial charge on any atom is -0.497 e. The van der Waals surface area contributed by atoms with Crippen molar-refractivity contribution in [3.8, 4) is 11.5 Å². The lowest BCUT2D eigenvalue weighted by Gasteiger charge is -2.20. The Labute approximate surface area is 206 Å². The molecule has 0 radical (unpaired) electrons. The van der Waals surface area contributed by atoms with E-state index in [1.165, 1.54) is 19.1 Å². The molecule has 1 N–H and O–H groups in total. The number of anilines is 1. The summed E-state index contributed by atoms with van der Waals surface area (Å²) in [6, 6.07) is 8.64. The van der Waals surface area contributed by atoms with E-state index in [9.17, 15) is 19.2 Å². The molecule has 0 aliphatic carbocycles. The Bertz CT molecular complexity index is 1190. The molecule has 1 aromatic carbocycles. The first-order chi connectivity index (χ1) is 16.9. The van der Waals surface area contributed by atoms with Gasteiger partial charge in [0.2, 0.25) is 11.8 Å². The minimum absolute atomic E-state index is 0.0392. The number of aromatic nitrogens is 1. The molecule has 2 saturated heterocycles. The predicted octanol–water partition coefficient (Wildman–Crippen LogP) is 2.30. The van der Waals surface area contributed by atoms with E-state index in [1.54, 1.807) is 48.8 Å². The Morgan fingerprint density at radius 2 is 2.06 bits per heavy atom. The molecule has 3 heterocycles. The highest BCUT2D eigenvalue weighted by Crippen LogP contribution is 2.36. The normalized spacial score (nSPS) is 19.0. The zero-order valence-electron chi connectivity index (χ0n) is 19.2. The largest absolute Gasteiger partial charge is 0.497 e. The molecule has 0 saturated carbocycles. The Balaban J connectivity index is 1.32. The molecule has 2 aromatic rings. The van der Waals surface area contributed by atoms with Gasteiger partial charge in [0.15, 0.2) is 0 Å². The fraction of sp³-hybridized carbons (Fsp3) is 0.292. The summed E-state index contributed by atoms with van der Waals surface area (Å²) in [5.74, 6) is -0.417. The van der Waals surface area contributed by atoms with Crippen LogP contribution < -0.4 is 19.7 Å². The van der Waals surface area contributed by atoms with Gasteiger partial charge in [-0.3, -0.25) is 29.1 Å². The zero-order chi connectivity index (χ0) is 24.9. The number of imide groups is 1. The summed E-state index contributed by atoms with van der Waals surface area (Å²) in [7, 11) is 3.04. The van der Waals surface area contributed by atoms with Crippen molar-refractivity contribution >= 4 is 46.5 Å². The number of rotatable bonds is 8. The van der Waals surface area contributed by atoms with Crippen LogP contribution in [0.15, 0.2) is 47.6 Å². The number of amides is 4. The Kier molecular flexibility index (Phi) is 7.35. The van der Waals surface area contributed by atoms with Crippen molar-refractivity contribution in [1.29, 1.82) is 0 Å². The number of pyridine rings is 1. The van der Waals surface area contributed by atoms with Crippen LogP contribution in [0.2, 0.25) is 0 Å². The SMILES string of the molecule is COc1ccc(N2C[C@H](C(=O)NCCN3C(=O)S/C(=C/c4cccnc4)C3=O)CC2=O)c(OC)c1. The smallest absolute Gasteiger partial charge is 0.293 e. The van der Waals surface area contributed by atoms with E-state index >= 15 is 0 Å². The predicted molar refractivity (Wildman–Crippen MR) is 130 cm³/mol. The lowest BCUT2D eigenvalue weighted by atomic mass is 10.1. The average Bonchev–Trinajstić information content (AvgIpc) is 3.38. The second-order valence-electron chi connectivity index (χ2n) is 7.85. The van der Waals surface area contributed by atoms with Gasteiger partial charge < -0.3 is 19.7 Å². The van der Waals surface area contributed by atoms with Crippen molar-refractivity contribution in [3.05, 3.63) is 53.2 Å². The molecular weight excluding hydrogens is 472 g/mol. The van der Waals surface area contributed by atoms with E-state index in [-0.39, 0.29) is 37.9 Å². The van der Waals surface area contributed by atoms with Crippen LogP contribution >= 0.6 is 11.8 Å². The highest BCUT2D eigenvalue weighted by molar-refractivity contribution is 8.18. The van der Waals surface area contributed by atoms with Gasteiger partial charge in [0.05, 0.1) is 30.7 Å². The highest BCUT2D eigenvalue weighted by atomic mass is 32.2. The van der Waals surface area contributed by atoms with Gasteiger partial charge in [-0.1, -0.05) is 6.07 Å². The van der Waals surface area contributed by atoms with Crippen molar-refractivity contribution in [2.75, 3.05) is 38.8 Å². The van der Waals surface area contributed by atoms with Gasteiger partial charge in [0.25, 0.3) is 11.1 Å². The molecule has 0 unspecified atom stereocenters. The van der Waals surface area contributed by atoms with Gasteiger partial charge in [-0.2, -0.15) is 0 Å². The summed E-state index contributed by atoms with van der Waals surface area (Å²) in [4.78, 5) is 57.1. The lowest BCUT2D eigenvalue weighted by molar-refractivity contribution is -0.127. The molecule has 35 heavy (non-hydrogen) atoms. The maximum Gasteiger partial charge on any atom is 0.293 e. The number of methoxy groups -OCH3 is 2. The summed E-state index contributed by atoms with van der Waals surface area (Å²) in [6.07, 6.45) is 4.89. The topological polar surface area (TPSA) is 118 Å². The molecule has 1 atom stereocenters. The minimum atomic E-state index is -0.560. The summed E-state index contributed by atoms with van der Waals surface area (Å²) >= 11 is 0.851. The molecule has 2 fully saturated rings. The second kappa shape index (κ2) is 10.6. The monoisotopic (exact) mass is 496 g/mol. The van der Waals surface area contributed by atoms with Crippen LogP contribution in [0.4, 0.5) is 10.5 Å². The number of hydrogen-bond donors (Lipinski definition) is 1. The molecule has 0 spiro atoms. The molecule has 4 rings (SSSR count). The molecule has 11 heteroatoms. The second-order valence-corrected chi connectivity index (χ2v) is 8.85. The molecule has 10 nitrogen and oxygen atoms in total. The molecule has 0 bridgehead atoms. The Morgan fingerprint density at radius 3 is 2.77 bits per heavy atom. The van der Waals surface area contributed by atoms with Gasteiger partial charge >= 0.3 is 0 Å². The first-order valence-corrected chi connectivity index (χ1v) is 11.7. The third-order valence-electron chi connectivity index (χ3n) is 5.66. The number of nitrogens with zero attached hydrogens (tertiary/aromatic N) is 3. The number of nitrogens with one attached hydrogen (secondary N) is 1. The van der Waals surface area contributed by atoms with Crippen LogP contribution in [0.25, 0.3) is 6.08 Å². The molecule has 4 amide bonds. The van der Waals surface area contributed by atoms with E-state index in [1.807, 2.05) is 0 Å². The number of hydrogen-bond acceptors (Lipinski definition) is 8. The first kappa shape index (κ1) is 24.3. The van der Waals surface area contributed by atoms with Crippen LogP contribution in [0, 0.1) is 5.92 Å². The van der Waals surface area contributed by atoms with Gasteiger partial charge in [0.1, 0.15) is 11.5 Å². The highest BCUT2D eigenvalue weighted by Gasteiger charge is 2.37. The maximum atomic E-state index is 12.7. The molecular formula is C24H24N4O6S. The van der Waals surface area contributed by atoms with Gasteiger partial charge in [-0.25, -0.2) is 0 Å². The van der Waals surface area contributed by atoms with Crippen LogP contribution in [0.5, 0.6) is 11.5 Å². The Hall–Kier alpha value is -3.86. The number of carbonyl (C=O) groups is 4. The van der Waals surface area contributed by atoms with Crippen molar-refractivity contribution in [2.45, 2.75) is 6.42 Å². The zero-order valence-corrected chi connectivity index (χ0v) is 20.0. The van der Waals surface area contributed by atoms with Crippen molar-refractivity contribution in [2.24, 2.45) is 5.92 Å². The van der Waals surface area contributed by atoms with Crippen LogP contribution in [0.3, 0.4) is 0 Å². The number of thioether (sulfide) groups is 1. The van der Waals surface area contributed by atoms with Crippen molar-refractivity contribution < 1.29 is 28.7 Å². The molecule has 1 aromatic heterocycles. The van der Waals surface area contributed by atoms with Crippen LogP contribution in [-0.2, 0) is 14.4 Å². The Morgan fingerprint density at radius 1 is 1.23 bits per heavy atom. The maximum absolute atomic E-state index is 12.7. The van der Waals surface area contributed by atoms with Crippen LogP contribution in [-0.4, -0.2) is 66.7 Å². The standard InChI is InChI=1S/C24H24N4O6S/c1-33-17-5-6-18(19(12-17)34-2)28-14-16(11-21(28)29)22(30)26-8-9-27-23(31)20(35-24(27)32)10-15-4-3-7-25-13-15/h3-7,10,12-13,16H,8-9,11,14H2,1-2H3,(H,26,30)/b20-10+/t16-/m1/s1. The van der Waals surface area contributed by atoms with Crippen molar-refractivity contribution in [1.82, 2.24) is 15.2 Å². The fourth-order valence-corrected chi connectivity index (χ4v) is 4.73. The van der Waals surface area contributed by atoms with Gasteiger partial charge in [-0.15, -0.1) is 0 Å². The fourth-order valence-electron chi connectivity index (χ4n) is 3.86. The van der Waals surface area contributed by atoms with Crippen molar-refractivity contribution in [3.63, 3.8) is 0 Å². The van der Waals surface area contributed by atoms with E-state index in [2.05, 4.69) is 10.3 Å². The van der Waals surface area contributed by atoms with Gasteiger partial charge in [0, 0.05) is 44.5 Å². The third-order valence-corrected chi connectivity index (χ3v) is 6.57. The van der Waals surface area contributed by atoms with E-state index in [0.717, 1.165) is 22.2 Å². The molecule has 2 aliphatic rings.